The van der Waals surface area contributed by atoms with Gasteiger partial charge in [-0.1, -0.05) is 12.1 Å². The molecule has 0 heterocycles. The van der Waals surface area contributed by atoms with Crippen molar-refractivity contribution in [2.45, 2.75) is 32.8 Å². The van der Waals surface area contributed by atoms with Crippen LogP contribution in [-0.2, 0) is 9.53 Å². The zero-order valence-electron chi connectivity index (χ0n) is 11.1. The van der Waals surface area contributed by atoms with Crippen molar-refractivity contribution >= 4 is 5.97 Å². The van der Waals surface area contributed by atoms with Crippen molar-refractivity contribution in [1.29, 1.82) is 0 Å². The Labute approximate surface area is 108 Å². The summed E-state index contributed by atoms with van der Waals surface area (Å²) < 4.78 is 10.2. The van der Waals surface area contributed by atoms with Gasteiger partial charge >= 0.3 is 5.97 Å². The molecule has 0 aliphatic heterocycles. The van der Waals surface area contributed by atoms with Crippen LogP contribution in [0, 0.1) is 6.92 Å². The topological polar surface area (TPSA) is 55.8 Å². The van der Waals surface area contributed by atoms with Gasteiger partial charge in [-0.2, -0.15) is 0 Å². The van der Waals surface area contributed by atoms with Crippen LogP contribution in [-0.4, -0.2) is 24.8 Å². The second-order valence-electron chi connectivity index (χ2n) is 4.25. The third-order valence-electron chi connectivity index (χ3n) is 2.63. The molecule has 0 unspecified atom stereocenters. The first kappa shape index (κ1) is 14.5. The van der Waals surface area contributed by atoms with E-state index in [-0.39, 0.29) is 5.97 Å². The SMILES string of the molecule is COC(=O)CCCOc1cc(C)ccc1[C@H](C)O. The van der Waals surface area contributed by atoms with Crippen molar-refractivity contribution in [3.05, 3.63) is 29.3 Å². The minimum Gasteiger partial charge on any atom is -0.493 e. The van der Waals surface area contributed by atoms with E-state index in [0.29, 0.717) is 25.2 Å². The van der Waals surface area contributed by atoms with Crippen molar-refractivity contribution in [3.8, 4) is 5.75 Å². The Balaban J connectivity index is 2.55. The van der Waals surface area contributed by atoms with Crippen LogP contribution >= 0.6 is 0 Å². The number of carbonyl (C=O) groups is 1. The molecule has 0 aromatic heterocycles. The minimum atomic E-state index is -0.568. The van der Waals surface area contributed by atoms with Gasteiger partial charge in [-0.05, 0) is 31.9 Å². The second kappa shape index (κ2) is 7.01. The lowest BCUT2D eigenvalue weighted by Gasteiger charge is -2.14. The zero-order chi connectivity index (χ0) is 13.5. The predicted molar refractivity (Wildman–Crippen MR) is 68.6 cm³/mol. The average Bonchev–Trinajstić information content (AvgIpc) is 2.34. The molecule has 0 aliphatic carbocycles. The van der Waals surface area contributed by atoms with Crippen molar-refractivity contribution in [3.63, 3.8) is 0 Å². The van der Waals surface area contributed by atoms with Crippen LogP contribution in [0.15, 0.2) is 18.2 Å². The molecule has 18 heavy (non-hydrogen) atoms. The first-order valence-electron chi connectivity index (χ1n) is 6.03. The second-order valence-corrected chi connectivity index (χ2v) is 4.25. The standard InChI is InChI=1S/C14H20O4/c1-10-6-7-12(11(2)15)13(9-10)18-8-4-5-14(16)17-3/h6-7,9,11,15H,4-5,8H2,1-3H3/t11-/m0/s1. The van der Waals surface area contributed by atoms with Crippen molar-refractivity contribution in [1.82, 2.24) is 0 Å². The van der Waals surface area contributed by atoms with Gasteiger partial charge in [0, 0.05) is 12.0 Å². The summed E-state index contributed by atoms with van der Waals surface area (Å²) in [5.74, 6) is 0.438. The molecule has 0 radical (unpaired) electrons. The summed E-state index contributed by atoms with van der Waals surface area (Å²) in [7, 11) is 1.37. The van der Waals surface area contributed by atoms with Gasteiger partial charge < -0.3 is 14.6 Å². The Hall–Kier alpha value is -1.55. The minimum absolute atomic E-state index is 0.237. The van der Waals surface area contributed by atoms with Crippen LogP contribution < -0.4 is 4.74 Å². The lowest BCUT2D eigenvalue weighted by molar-refractivity contribution is -0.140. The van der Waals surface area contributed by atoms with Crippen LogP contribution in [0.2, 0.25) is 0 Å². The molecule has 4 heteroatoms. The van der Waals surface area contributed by atoms with E-state index in [2.05, 4.69) is 4.74 Å². The fourth-order valence-corrected chi connectivity index (χ4v) is 1.61. The molecule has 0 fully saturated rings. The highest BCUT2D eigenvalue weighted by atomic mass is 16.5. The van der Waals surface area contributed by atoms with E-state index in [0.717, 1.165) is 11.1 Å². The molecule has 1 aromatic rings. The third kappa shape index (κ3) is 4.37. The number of esters is 1. The van der Waals surface area contributed by atoms with Crippen LogP contribution in [0.4, 0.5) is 0 Å². The molecule has 0 aliphatic rings. The Morgan fingerprint density at radius 2 is 2.17 bits per heavy atom. The number of aliphatic hydroxyl groups is 1. The van der Waals surface area contributed by atoms with Crippen LogP contribution in [0.3, 0.4) is 0 Å². The van der Waals surface area contributed by atoms with Gasteiger partial charge in [-0.3, -0.25) is 4.79 Å². The average molecular weight is 252 g/mol. The fraction of sp³-hybridized carbons (Fsp3) is 0.500. The van der Waals surface area contributed by atoms with Crippen molar-refractivity contribution in [2.75, 3.05) is 13.7 Å². The summed E-state index contributed by atoms with van der Waals surface area (Å²) >= 11 is 0. The summed E-state index contributed by atoms with van der Waals surface area (Å²) in [6.45, 7) is 4.09. The van der Waals surface area contributed by atoms with Crippen molar-refractivity contribution < 1.29 is 19.4 Å². The Kier molecular flexibility index (Phi) is 5.65. The van der Waals surface area contributed by atoms with E-state index >= 15 is 0 Å². The largest absolute Gasteiger partial charge is 0.493 e. The molecular formula is C14H20O4. The highest BCUT2D eigenvalue weighted by Crippen LogP contribution is 2.26. The lowest BCUT2D eigenvalue weighted by atomic mass is 10.1. The van der Waals surface area contributed by atoms with Gasteiger partial charge in [0.25, 0.3) is 0 Å². The number of benzene rings is 1. The number of aryl methyl sites for hydroxylation is 1. The maximum atomic E-state index is 10.9. The van der Waals surface area contributed by atoms with E-state index in [1.165, 1.54) is 7.11 Å². The van der Waals surface area contributed by atoms with Gasteiger partial charge in [-0.25, -0.2) is 0 Å². The quantitative estimate of drug-likeness (QED) is 0.624. The highest BCUT2D eigenvalue weighted by molar-refractivity contribution is 5.69. The maximum Gasteiger partial charge on any atom is 0.305 e. The molecule has 0 spiro atoms. The molecule has 0 saturated carbocycles. The summed E-state index contributed by atoms with van der Waals surface area (Å²) in [6.07, 6.45) is 0.368. The van der Waals surface area contributed by atoms with Gasteiger partial charge in [-0.15, -0.1) is 0 Å². The first-order chi connectivity index (χ1) is 8.54. The zero-order valence-corrected chi connectivity index (χ0v) is 11.1. The Bertz CT molecular complexity index is 399. The van der Waals surface area contributed by atoms with E-state index in [1.54, 1.807) is 6.92 Å². The number of rotatable bonds is 6. The molecule has 1 N–H and O–H groups in total. The molecule has 0 bridgehead atoms. The lowest BCUT2D eigenvalue weighted by Crippen LogP contribution is -2.06. The summed E-state index contributed by atoms with van der Waals surface area (Å²) in [5, 5.41) is 9.62. The maximum absolute atomic E-state index is 10.9. The van der Waals surface area contributed by atoms with Gasteiger partial charge in [0.1, 0.15) is 5.75 Å². The smallest absolute Gasteiger partial charge is 0.305 e. The molecule has 0 saturated heterocycles. The Morgan fingerprint density at radius 1 is 1.44 bits per heavy atom. The molecule has 4 nitrogen and oxygen atoms in total. The van der Waals surface area contributed by atoms with Crippen LogP contribution in [0.5, 0.6) is 5.75 Å². The number of carbonyl (C=O) groups excluding carboxylic acids is 1. The normalized spacial score (nSPS) is 12.0. The monoisotopic (exact) mass is 252 g/mol. The molecule has 100 valence electrons. The number of aliphatic hydroxyl groups excluding tert-OH is 1. The molecule has 1 rings (SSSR count). The van der Waals surface area contributed by atoms with E-state index < -0.39 is 6.10 Å². The summed E-state index contributed by atoms with van der Waals surface area (Å²) in [5.41, 5.74) is 1.83. The van der Waals surface area contributed by atoms with E-state index in [9.17, 15) is 9.90 Å². The Morgan fingerprint density at radius 3 is 2.78 bits per heavy atom. The molecular weight excluding hydrogens is 232 g/mol. The van der Waals surface area contributed by atoms with Gasteiger partial charge in [0.05, 0.1) is 19.8 Å². The number of hydrogen-bond acceptors (Lipinski definition) is 4. The first-order valence-corrected chi connectivity index (χ1v) is 6.03. The predicted octanol–water partition coefficient (Wildman–Crippen LogP) is 2.38. The molecule has 1 aromatic carbocycles. The fourth-order valence-electron chi connectivity index (χ4n) is 1.61. The van der Waals surface area contributed by atoms with Crippen LogP contribution in [0.1, 0.15) is 37.0 Å². The number of hydrogen-bond donors (Lipinski definition) is 1. The molecule has 1 atom stereocenters. The molecule has 0 amide bonds. The van der Waals surface area contributed by atoms with E-state index in [1.807, 2.05) is 25.1 Å². The number of methoxy groups -OCH3 is 1. The third-order valence-corrected chi connectivity index (χ3v) is 2.63. The van der Waals surface area contributed by atoms with Crippen molar-refractivity contribution in [2.24, 2.45) is 0 Å². The van der Waals surface area contributed by atoms with Gasteiger partial charge in [0.2, 0.25) is 0 Å². The van der Waals surface area contributed by atoms with E-state index in [4.69, 9.17) is 4.74 Å². The summed E-state index contributed by atoms with van der Waals surface area (Å²) in [6, 6.07) is 5.68. The number of ether oxygens (including phenoxy) is 2. The summed E-state index contributed by atoms with van der Waals surface area (Å²) in [4.78, 5) is 10.9. The highest BCUT2D eigenvalue weighted by Gasteiger charge is 2.09. The van der Waals surface area contributed by atoms with Gasteiger partial charge in [0.15, 0.2) is 0 Å². The van der Waals surface area contributed by atoms with Crippen LogP contribution in [0.25, 0.3) is 0 Å².